The van der Waals surface area contributed by atoms with Crippen molar-refractivity contribution in [2.75, 3.05) is 6.61 Å². The SMILES string of the molecule is CCCCC[C@@]1(CC)OCC(C)(C)[C@H](C(C)C)O1. The molecular formula is C16H32O2. The van der Waals surface area contributed by atoms with Crippen LogP contribution in [0.5, 0.6) is 0 Å². The third-order valence-corrected chi connectivity index (χ3v) is 4.12. The molecule has 0 radical (unpaired) electrons. The zero-order valence-corrected chi connectivity index (χ0v) is 13.2. The molecule has 2 atom stereocenters. The van der Waals surface area contributed by atoms with Crippen molar-refractivity contribution in [1.82, 2.24) is 0 Å². The summed E-state index contributed by atoms with van der Waals surface area (Å²) < 4.78 is 12.6. The van der Waals surface area contributed by atoms with Crippen LogP contribution in [0.2, 0.25) is 0 Å². The van der Waals surface area contributed by atoms with E-state index in [0.29, 0.717) is 12.0 Å². The highest BCUT2D eigenvalue weighted by Crippen LogP contribution is 2.42. The molecule has 0 saturated carbocycles. The summed E-state index contributed by atoms with van der Waals surface area (Å²) in [5, 5.41) is 0. The number of hydrogen-bond acceptors (Lipinski definition) is 2. The van der Waals surface area contributed by atoms with Gasteiger partial charge in [0.05, 0.1) is 12.7 Å². The van der Waals surface area contributed by atoms with E-state index in [1.54, 1.807) is 0 Å². The maximum Gasteiger partial charge on any atom is 0.168 e. The zero-order valence-electron chi connectivity index (χ0n) is 13.2. The van der Waals surface area contributed by atoms with Crippen LogP contribution in [0.1, 0.15) is 73.6 Å². The van der Waals surface area contributed by atoms with Crippen LogP contribution < -0.4 is 0 Å². The van der Waals surface area contributed by atoms with Crippen LogP contribution in [-0.4, -0.2) is 18.5 Å². The largest absolute Gasteiger partial charge is 0.349 e. The quantitative estimate of drug-likeness (QED) is 0.637. The van der Waals surface area contributed by atoms with E-state index >= 15 is 0 Å². The van der Waals surface area contributed by atoms with Gasteiger partial charge >= 0.3 is 0 Å². The number of rotatable bonds is 6. The van der Waals surface area contributed by atoms with Gasteiger partial charge in [-0.25, -0.2) is 0 Å². The van der Waals surface area contributed by atoms with Crippen LogP contribution in [0, 0.1) is 11.3 Å². The standard InChI is InChI=1S/C16H32O2/c1-7-9-10-11-16(8-2)17-12-15(5,6)14(18-16)13(3)4/h13-14H,7-12H2,1-6H3/t14-,16-/m0/s1. The van der Waals surface area contributed by atoms with Gasteiger partial charge < -0.3 is 9.47 Å². The van der Waals surface area contributed by atoms with Crippen LogP contribution in [-0.2, 0) is 9.47 Å². The van der Waals surface area contributed by atoms with Gasteiger partial charge in [0.2, 0.25) is 0 Å². The predicted octanol–water partition coefficient (Wildman–Crippen LogP) is 4.77. The maximum atomic E-state index is 6.42. The lowest BCUT2D eigenvalue weighted by Crippen LogP contribution is -2.54. The molecule has 18 heavy (non-hydrogen) atoms. The van der Waals surface area contributed by atoms with E-state index in [1.165, 1.54) is 19.3 Å². The van der Waals surface area contributed by atoms with E-state index in [2.05, 4.69) is 41.5 Å². The summed E-state index contributed by atoms with van der Waals surface area (Å²) in [5.74, 6) is 0.223. The fourth-order valence-electron chi connectivity index (χ4n) is 3.00. The monoisotopic (exact) mass is 256 g/mol. The van der Waals surface area contributed by atoms with Gasteiger partial charge in [0, 0.05) is 11.8 Å². The van der Waals surface area contributed by atoms with E-state index in [1.807, 2.05) is 0 Å². The fraction of sp³-hybridized carbons (Fsp3) is 1.00. The van der Waals surface area contributed by atoms with Crippen LogP contribution in [0.4, 0.5) is 0 Å². The summed E-state index contributed by atoms with van der Waals surface area (Å²) in [4.78, 5) is 0. The second kappa shape index (κ2) is 6.38. The summed E-state index contributed by atoms with van der Waals surface area (Å²) in [6.07, 6.45) is 6.01. The second-order valence-corrected chi connectivity index (χ2v) is 6.78. The number of unbranched alkanes of at least 4 members (excludes halogenated alkanes) is 2. The Labute approximate surface area is 113 Å². The summed E-state index contributed by atoms with van der Waals surface area (Å²) in [7, 11) is 0. The Kier molecular flexibility index (Phi) is 5.67. The number of ether oxygens (including phenoxy) is 2. The first-order valence-electron chi connectivity index (χ1n) is 7.68. The van der Waals surface area contributed by atoms with E-state index in [4.69, 9.17) is 9.47 Å². The van der Waals surface area contributed by atoms with Crippen LogP contribution in [0.3, 0.4) is 0 Å². The normalized spacial score (nSPS) is 31.8. The molecule has 1 heterocycles. The minimum absolute atomic E-state index is 0.123. The van der Waals surface area contributed by atoms with Gasteiger partial charge in [-0.2, -0.15) is 0 Å². The molecule has 0 aromatic carbocycles. The summed E-state index contributed by atoms with van der Waals surface area (Å²) in [6, 6.07) is 0. The highest BCUT2D eigenvalue weighted by atomic mass is 16.7. The van der Waals surface area contributed by atoms with Crippen LogP contribution in [0.25, 0.3) is 0 Å². The summed E-state index contributed by atoms with van der Waals surface area (Å²) in [5.41, 5.74) is 0.123. The van der Waals surface area contributed by atoms with Crippen molar-refractivity contribution in [3.05, 3.63) is 0 Å². The molecule has 0 aromatic rings. The van der Waals surface area contributed by atoms with E-state index < -0.39 is 0 Å². The van der Waals surface area contributed by atoms with Crippen molar-refractivity contribution in [3.63, 3.8) is 0 Å². The Balaban J connectivity index is 2.71. The first-order valence-corrected chi connectivity index (χ1v) is 7.68. The number of hydrogen-bond donors (Lipinski definition) is 0. The molecule has 0 N–H and O–H groups in total. The van der Waals surface area contributed by atoms with E-state index in [0.717, 1.165) is 19.4 Å². The van der Waals surface area contributed by atoms with Gasteiger partial charge in [-0.3, -0.25) is 0 Å². The molecule has 0 aliphatic carbocycles. The molecule has 0 unspecified atom stereocenters. The van der Waals surface area contributed by atoms with Gasteiger partial charge in [0.1, 0.15) is 0 Å². The predicted molar refractivity (Wildman–Crippen MR) is 76.6 cm³/mol. The zero-order chi connectivity index (χ0) is 13.8. The molecule has 0 bridgehead atoms. The van der Waals surface area contributed by atoms with Crippen molar-refractivity contribution >= 4 is 0 Å². The molecule has 1 aliphatic rings. The second-order valence-electron chi connectivity index (χ2n) is 6.78. The molecule has 1 fully saturated rings. The summed E-state index contributed by atoms with van der Waals surface area (Å²) in [6.45, 7) is 14.2. The molecule has 2 heteroatoms. The third kappa shape index (κ3) is 3.71. The highest BCUT2D eigenvalue weighted by Gasteiger charge is 2.46. The Morgan fingerprint density at radius 3 is 2.33 bits per heavy atom. The van der Waals surface area contributed by atoms with Gasteiger partial charge in [-0.15, -0.1) is 0 Å². The lowest BCUT2D eigenvalue weighted by Gasteiger charge is -2.50. The molecular weight excluding hydrogens is 224 g/mol. The van der Waals surface area contributed by atoms with Gasteiger partial charge in [-0.1, -0.05) is 54.4 Å². The van der Waals surface area contributed by atoms with Crippen LogP contribution >= 0.6 is 0 Å². The lowest BCUT2D eigenvalue weighted by molar-refractivity contribution is -0.340. The fourth-order valence-corrected chi connectivity index (χ4v) is 3.00. The van der Waals surface area contributed by atoms with Crippen molar-refractivity contribution in [2.45, 2.75) is 85.5 Å². The third-order valence-electron chi connectivity index (χ3n) is 4.12. The Morgan fingerprint density at radius 2 is 1.83 bits per heavy atom. The molecule has 2 nitrogen and oxygen atoms in total. The van der Waals surface area contributed by atoms with Crippen molar-refractivity contribution in [2.24, 2.45) is 11.3 Å². The Morgan fingerprint density at radius 1 is 1.17 bits per heavy atom. The van der Waals surface area contributed by atoms with Gasteiger partial charge in [-0.05, 0) is 18.8 Å². The lowest BCUT2D eigenvalue weighted by atomic mass is 9.79. The first kappa shape index (κ1) is 16.0. The summed E-state index contributed by atoms with van der Waals surface area (Å²) >= 11 is 0. The van der Waals surface area contributed by atoms with E-state index in [-0.39, 0.29) is 11.2 Å². The van der Waals surface area contributed by atoms with Crippen molar-refractivity contribution in [1.29, 1.82) is 0 Å². The Hall–Kier alpha value is -0.0800. The molecule has 1 saturated heterocycles. The maximum absolute atomic E-state index is 6.42. The molecule has 1 rings (SSSR count). The van der Waals surface area contributed by atoms with Gasteiger partial charge in [0.15, 0.2) is 5.79 Å². The van der Waals surface area contributed by atoms with Gasteiger partial charge in [0.25, 0.3) is 0 Å². The Bertz CT molecular complexity index is 247. The topological polar surface area (TPSA) is 18.5 Å². The molecule has 0 aromatic heterocycles. The van der Waals surface area contributed by atoms with Crippen molar-refractivity contribution < 1.29 is 9.47 Å². The van der Waals surface area contributed by atoms with Crippen LogP contribution in [0.15, 0.2) is 0 Å². The van der Waals surface area contributed by atoms with Crippen molar-refractivity contribution in [3.8, 4) is 0 Å². The van der Waals surface area contributed by atoms with E-state index in [9.17, 15) is 0 Å². The molecule has 108 valence electrons. The molecule has 1 aliphatic heterocycles. The minimum Gasteiger partial charge on any atom is -0.349 e. The average molecular weight is 256 g/mol. The molecule has 0 spiro atoms. The first-order chi connectivity index (χ1) is 8.37. The smallest absolute Gasteiger partial charge is 0.168 e. The minimum atomic E-state index is -0.320. The average Bonchev–Trinajstić information content (AvgIpc) is 2.31. The molecule has 0 amide bonds. The highest BCUT2D eigenvalue weighted by molar-refractivity contribution is 4.89.